The zero-order chi connectivity index (χ0) is 22.1. The maximum atomic E-state index is 12.7. The number of nitrogens with zero attached hydrogens (tertiary/aromatic N) is 1. The third-order valence-corrected chi connectivity index (χ3v) is 4.35. The number of ether oxygens (including phenoxy) is 2. The number of benzene rings is 1. The van der Waals surface area contributed by atoms with Crippen LogP contribution in [0.4, 0.5) is 4.79 Å². The second-order valence-electron chi connectivity index (χ2n) is 7.79. The molecule has 2 heterocycles. The van der Waals surface area contributed by atoms with Gasteiger partial charge in [0.2, 0.25) is 0 Å². The van der Waals surface area contributed by atoms with Crippen LogP contribution >= 0.6 is 0 Å². The summed E-state index contributed by atoms with van der Waals surface area (Å²) in [6, 6.07) is 6.81. The van der Waals surface area contributed by atoms with Gasteiger partial charge >= 0.3 is 12.1 Å². The van der Waals surface area contributed by atoms with Crippen LogP contribution < -0.4 is 4.74 Å². The molecule has 3 aromatic rings. The molecule has 0 atom stereocenters. The molecule has 0 spiro atoms. The molecular formula is C22H23NO7. The van der Waals surface area contributed by atoms with E-state index in [9.17, 15) is 14.4 Å². The van der Waals surface area contributed by atoms with Crippen molar-refractivity contribution in [1.29, 1.82) is 0 Å². The van der Waals surface area contributed by atoms with E-state index in [-0.39, 0.29) is 18.6 Å². The first-order valence-electron chi connectivity index (χ1n) is 9.35. The molecule has 3 rings (SSSR count). The molecule has 158 valence electrons. The van der Waals surface area contributed by atoms with Crippen molar-refractivity contribution < 1.29 is 33.4 Å². The van der Waals surface area contributed by atoms with Crippen LogP contribution in [0.2, 0.25) is 0 Å². The Morgan fingerprint density at radius 2 is 1.87 bits per heavy atom. The van der Waals surface area contributed by atoms with Gasteiger partial charge in [0.15, 0.2) is 11.5 Å². The average molecular weight is 413 g/mol. The van der Waals surface area contributed by atoms with Crippen LogP contribution in [0.15, 0.2) is 41.1 Å². The Labute approximate surface area is 173 Å². The van der Waals surface area contributed by atoms with Crippen LogP contribution in [0.1, 0.15) is 44.2 Å². The molecule has 8 nitrogen and oxygen atoms in total. The maximum Gasteiger partial charge on any atom is 0.419 e. The Kier molecular flexibility index (Phi) is 5.69. The van der Waals surface area contributed by atoms with Gasteiger partial charge in [-0.15, -0.1) is 0 Å². The third-order valence-electron chi connectivity index (χ3n) is 4.35. The number of hydrogen-bond donors (Lipinski definition) is 1. The summed E-state index contributed by atoms with van der Waals surface area (Å²) >= 11 is 0. The van der Waals surface area contributed by atoms with Gasteiger partial charge in [-0.25, -0.2) is 4.79 Å². The number of hydrogen-bond acceptors (Lipinski definition) is 6. The molecule has 0 amide bonds. The van der Waals surface area contributed by atoms with Gasteiger partial charge < -0.3 is 19.0 Å². The molecule has 1 N–H and O–H groups in total. The number of carbonyl (C=O) groups is 3. The molecule has 0 bridgehead atoms. The fourth-order valence-electron chi connectivity index (χ4n) is 3.00. The predicted molar refractivity (Wildman–Crippen MR) is 109 cm³/mol. The van der Waals surface area contributed by atoms with Gasteiger partial charge in [0.05, 0.1) is 25.3 Å². The number of methoxy groups -OCH3 is 1. The quantitative estimate of drug-likeness (QED) is 0.581. The SMILES string of the molecule is COc1ccc2c(c1)c(-c1coc(C(=O)CCC(=O)O)c1)cn2C(=O)OC(C)(C)C. The Balaban J connectivity index is 2.04. The van der Waals surface area contributed by atoms with Gasteiger partial charge in [-0.05, 0) is 45.0 Å². The Bertz CT molecular complexity index is 1110. The van der Waals surface area contributed by atoms with E-state index < -0.39 is 23.4 Å². The normalized spacial score (nSPS) is 11.5. The molecule has 0 unspecified atom stereocenters. The number of aliphatic carboxylic acids is 1. The van der Waals surface area contributed by atoms with Crippen LogP contribution in [0.25, 0.3) is 22.0 Å². The summed E-state index contributed by atoms with van der Waals surface area (Å²) in [6.45, 7) is 5.35. The standard InChI is InChI=1S/C22H23NO7/c1-22(2,3)30-21(27)23-11-16(15-10-14(28-4)5-6-17(15)23)13-9-19(29-12-13)18(24)7-8-20(25)26/h5-6,9-12H,7-8H2,1-4H3,(H,25,26). The molecule has 0 radical (unpaired) electrons. The number of aromatic nitrogens is 1. The molecule has 0 fully saturated rings. The highest BCUT2D eigenvalue weighted by molar-refractivity contribution is 6.02. The third kappa shape index (κ3) is 4.53. The summed E-state index contributed by atoms with van der Waals surface area (Å²) in [5, 5.41) is 9.47. The monoisotopic (exact) mass is 413 g/mol. The van der Waals surface area contributed by atoms with E-state index in [1.165, 1.54) is 16.9 Å². The molecule has 8 heteroatoms. The van der Waals surface area contributed by atoms with E-state index in [0.29, 0.717) is 27.8 Å². The number of carbonyl (C=O) groups excluding carboxylic acids is 2. The molecule has 0 saturated carbocycles. The lowest BCUT2D eigenvalue weighted by Crippen LogP contribution is -2.26. The molecular weight excluding hydrogens is 390 g/mol. The van der Waals surface area contributed by atoms with E-state index in [0.717, 1.165) is 0 Å². The zero-order valence-corrected chi connectivity index (χ0v) is 17.2. The summed E-state index contributed by atoms with van der Waals surface area (Å²) in [5.41, 5.74) is 1.17. The first kappa shape index (κ1) is 21.2. The summed E-state index contributed by atoms with van der Waals surface area (Å²) in [6.07, 6.45) is 2.06. The summed E-state index contributed by atoms with van der Waals surface area (Å²) < 4.78 is 17.6. The van der Waals surface area contributed by atoms with Crippen LogP contribution in [-0.4, -0.2) is 40.2 Å². The van der Waals surface area contributed by atoms with Gasteiger partial charge in [-0.2, -0.15) is 0 Å². The first-order chi connectivity index (χ1) is 14.1. The van der Waals surface area contributed by atoms with Crippen molar-refractivity contribution in [3.63, 3.8) is 0 Å². The Morgan fingerprint density at radius 3 is 2.50 bits per heavy atom. The lowest BCUT2D eigenvalue weighted by atomic mass is 10.1. The van der Waals surface area contributed by atoms with E-state index >= 15 is 0 Å². The molecule has 2 aromatic heterocycles. The minimum Gasteiger partial charge on any atom is -0.497 e. The number of rotatable bonds is 6. The van der Waals surface area contributed by atoms with Crippen molar-refractivity contribution in [2.24, 2.45) is 0 Å². The summed E-state index contributed by atoms with van der Waals surface area (Å²) in [7, 11) is 1.54. The summed E-state index contributed by atoms with van der Waals surface area (Å²) in [4.78, 5) is 35.6. The van der Waals surface area contributed by atoms with E-state index in [4.69, 9.17) is 19.0 Å². The number of fused-ring (bicyclic) bond motifs is 1. The Morgan fingerprint density at radius 1 is 1.13 bits per heavy atom. The van der Waals surface area contributed by atoms with Gasteiger partial charge in [-0.1, -0.05) is 0 Å². The van der Waals surface area contributed by atoms with E-state index in [1.54, 1.807) is 52.3 Å². The van der Waals surface area contributed by atoms with Crippen LogP contribution in [0.3, 0.4) is 0 Å². The zero-order valence-electron chi connectivity index (χ0n) is 17.2. The molecule has 0 aliphatic rings. The molecule has 0 aliphatic heterocycles. The molecule has 0 saturated heterocycles. The van der Waals surface area contributed by atoms with Crippen LogP contribution in [-0.2, 0) is 9.53 Å². The number of furan rings is 1. The first-order valence-corrected chi connectivity index (χ1v) is 9.35. The van der Waals surface area contributed by atoms with Gasteiger partial charge in [0.1, 0.15) is 11.4 Å². The van der Waals surface area contributed by atoms with Crippen LogP contribution in [0.5, 0.6) is 5.75 Å². The lowest BCUT2D eigenvalue weighted by Gasteiger charge is -2.19. The van der Waals surface area contributed by atoms with Crippen molar-refractivity contribution in [3.05, 3.63) is 42.5 Å². The topological polar surface area (TPSA) is 108 Å². The average Bonchev–Trinajstić information content (AvgIpc) is 3.28. The minimum atomic E-state index is -1.05. The molecule has 1 aromatic carbocycles. The Hall–Kier alpha value is -3.55. The smallest absolute Gasteiger partial charge is 0.419 e. The number of ketones is 1. The largest absolute Gasteiger partial charge is 0.497 e. The van der Waals surface area contributed by atoms with Crippen molar-refractivity contribution in [2.45, 2.75) is 39.2 Å². The van der Waals surface area contributed by atoms with Gasteiger partial charge in [0.25, 0.3) is 0 Å². The highest BCUT2D eigenvalue weighted by atomic mass is 16.6. The van der Waals surface area contributed by atoms with Crippen molar-refractivity contribution in [2.75, 3.05) is 7.11 Å². The predicted octanol–water partition coefficient (Wildman–Crippen LogP) is 4.74. The second-order valence-corrected chi connectivity index (χ2v) is 7.79. The highest BCUT2D eigenvalue weighted by Crippen LogP contribution is 2.35. The van der Waals surface area contributed by atoms with Crippen LogP contribution in [0, 0.1) is 0 Å². The van der Waals surface area contributed by atoms with Gasteiger partial charge in [-0.3, -0.25) is 14.2 Å². The van der Waals surface area contributed by atoms with E-state index in [1.807, 2.05) is 0 Å². The molecule has 0 aliphatic carbocycles. The lowest BCUT2D eigenvalue weighted by molar-refractivity contribution is -0.136. The number of carboxylic acids is 1. The number of Topliss-reactive ketones (excluding diaryl/α,β-unsaturated/α-hetero) is 1. The fourth-order valence-corrected chi connectivity index (χ4v) is 3.00. The van der Waals surface area contributed by atoms with E-state index in [2.05, 4.69) is 0 Å². The second kappa shape index (κ2) is 8.06. The van der Waals surface area contributed by atoms with Gasteiger partial charge in [0, 0.05) is 29.1 Å². The number of carboxylic acid groups (broad SMARTS) is 1. The minimum absolute atomic E-state index is 0.0623. The maximum absolute atomic E-state index is 12.7. The van der Waals surface area contributed by atoms with Crippen molar-refractivity contribution >= 4 is 28.7 Å². The summed E-state index contributed by atoms with van der Waals surface area (Å²) in [5.74, 6) is -0.793. The molecule has 30 heavy (non-hydrogen) atoms. The van der Waals surface area contributed by atoms with Crippen molar-refractivity contribution in [1.82, 2.24) is 4.57 Å². The fraction of sp³-hybridized carbons (Fsp3) is 0.318. The highest BCUT2D eigenvalue weighted by Gasteiger charge is 2.23. The van der Waals surface area contributed by atoms with Crippen molar-refractivity contribution in [3.8, 4) is 16.9 Å².